The molecule has 0 aromatic rings. The smallest absolute Gasteiger partial charge is 0.144 e. The first-order valence-electron chi connectivity index (χ1n) is 3.34. The third kappa shape index (κ3) is 5.15. The third-order valence-electron chi connectivity index (χ3n) is 0.844. The summed E-state index contributed by atoms with van der Waals surface area (Å²) in [6.45, 7) is 10.7. The Morgan fingerprint density at radius 2 is 2.18 bits per heavy atom. The summed E-state index contributed by atoms with van der Waals surface area (Å²) < 4.78 is 5.14. The Morgan fingerprint density at radius 1 is 1.55 bits per heavy atom. The van der Waals surface area contributed by atoms with Crippen molar-refractivity contribution in [3.05, 3.63) is 37.0 Å². The second kappa shape index (κ2) is 5.47. The van der Waals surface area contributed by atoms with Gasteiger partial charge in [-0.3, -0.25) is 4.99 Å². The topological polar surface area (TPSA) is 21.6 Å². The van der Waals surface area contributed by atoms with Crippen LogP contribution in [-0.2, 0) is 4.74 Å². The van der Waals surface area contributed by atoms with Gasteiger partial charge in [-0.25, -0.2) is 0 Å². The molecule has 0 heterocycles. The minimum atomic E-state index is 0.607. The van der Waals surface area contributed by atoms with Crippen molar-refractivity contribution < 1.29 is 4.74 Å². The van der Waals surface area contributed by atoms with Crippen molar-refractivity contribution in [1.82, 2.24) is 0 Å². The van der Waals surface area contributed by atoms with Gasteiger partial charge in [-0.1, -0.05) is 13.2 Å². The summed E-state index contributed by atoms with van der Waals surface area (Å²) in [5.41, 5.74) is 0. The Kier molecular flexibility index (Phi) is 4.82. The molecular formula is C9H13NO. The Bertz CT molecular complexity index is 202. The van der Waals surface area contributed by atoms with E-state index in [2.05, 4.69) is 18.2 Å². The number of hydrogen-bond acceptors (Lipinski definition) is 2. The van der Waals surface area contributed by atoms with E-state index >= 15 is 0 Å². The number of hydrogen-bond donors (Lipinski definition) is 0. The van der Waals surface area contributed by atoms with Crippen LogP contribution >= 0.6 is 0 Å². The molecule has 0 spiro atoms. The van der Waals surface area contributed by atoms with Crippen molar-refractivity contribution in [3.8, 4) is 0 Å². The maximum Gasteiger partial charge on any atom is 0.144 e. The number of nitrogens with zero attached hydrogens (tertiary/aromatic N) is 1. The van der Waals surface area contributed by atoms with Crippen LogP contribution in [0, 0.1) is 0 Å². The highest BCUT2D eigenvalue weighted by Gasteiger charge is 1.89. The Labute approximate surface area is 67.6 Å². The molecule has 0 aliphatic rings. The molecule has 0 rings (SSSR count). The first-order valence-corrected chi connectivity index (χ1v) is 3.34. The highest BCUT2D eigenvalue weighted by Crippen LogP contribution is 2.04. The van der Waals surface area contributed by atoms with Gasteiger partial charge in [0.1, 0.15) is 5.76 Å². The zero-order chi connectivity index (χ0) is 8.69. The van der Waals surface area contributed by atoms with Crippen molar-refractivity contribution in [2.45, 2.75) is 13.8 Å². The van der Waals surface area contributed by atoms with Crippen molar-refractivity contribution in [2.75, 3.05) is 0 Å². The van der Waals surface area contributed by atoms with E-state index in [1.165, 1.54) is 0 Å². The predicted molar refractivity (Wildman–Crippen MR) is 48.3 cm³/mol. The molecule has 0 amide bonds. The van der Waals surface area contributed by atoms with Crippen LogP contribution < -0.4 is 0 Å². The van der Waals surface area contributed by atoms with Crippen molar-refractivity contribution in [3.63, 3.8) is 0 Å². The summed E-state index contributed by atoms with van der Waals surface area (Å²) in [4.78, 5) is 3.87. The molecule has 0 aliphatic heterocycles. The van der Waals surface area contributed by atoms with Gasteiger partial charge in [-0.2, -0.15) is 0 Å². The number of rotatable bonds is 4. The standard InChI is InChI=1S/C9H13NO/c1-5-9(7-10-6-2)11-8(3)4/h5-7H,1,3H2,2,4H3/b9-7+,10-6?. The SMILES string of the molecule is C=C/C(=C\N=CC)OC(=C)C. The number of ether oxygens (including phenoxy) is 1. The van der Waals surface area contributed by atoms with Crippen LogP contribution in [-0.4, -0.2) is 6.21 Å². The predicted octanol–water partition coefficient (Wildman–Crippen LogP) is 2.65. The Morgan fingerprint density at radius 3 is 2.55 bits per heavy atom. The average molecular weight is 151 g/mol. The van der Waals surface area contributed by atoms with Gasteiger partial charge >= 0.3 is 0 Å². The van der Waals surface area contributed by atoms with Crippen LogP contribution in [0.5, 0.6) is 0 Å². The zero-order valence-corrected chi connectivity index (χ0v) is 7.00. The molecule has 2 heteroatoms. The van der Waals surface area contributed by atoms with Crippen LogP contribution in [0.4, 0.5) is 0 Å². The van der Waals surface area contributed by atoms with Crippen LogP contribution in [0.2, 0.25) is 0 Å². The molecule has 11 heavy (non-hydrogen) atoms. The highest BCUT2D eigenvalue weighted by molar-refractivity contribution is 5.54. The lowest BCUT2D eigenvalue weighted by Crippen LogP contribution is -1.83. The fourth-order valence-electron chi connectivity index (χ4n) is 0.470. The molecule has 0 bridgehead atoms. The van der Waals surface area contributed by atoms with E-state index in [-0.39, 0.29) is 0 Å². The fraction of sp³-hybridized carbons (Fsp3) is 0.222. The van der Waals surface area contributed by atoms with Gasteiger partial charge in [0.2, 0.25) is 0 Å². The maximum atomic E-state index is 5.14. The second-order valence-corrected chi connectivity index (χ2v) is 1.95. The lowest BCUT2D eigenvalue weighted by atomic mass is 10.5. The summed E-state index contributed by atoms with van der Waals surface area (Å²) in [5, 5.41) is 0. The lowest BCUT2D eigenvalue weighted by Gasteiger charge is -2.02. The van der Waals surface area contributed by atoms with Crippen molar-refractivity contribution in [2.24, 2.45) is 4.99 Å². The molecule has 0 aliphatic carbocycles. The molecule has 0 aromatic carbocycles. The van der Waals surface area contributed by atoms with Gasteiger partial charge in [0.25, 0.3) is 0 Å². The molecule has 0 fully saturated rings. The number of aliphatic imine (C=N–C) groups is 1. The molecule has 0 aromatic heterocycles. The van der Waals surface area contributed by atoms with Gasteiger partial charge in [0.05, 0.1) is 12.0 Å². The normalized spacial score (nSPS) is 11.6. The molecular weight excluding hydrogens is 138 g/mol. The van der Waals surface area contributed by atoms with E-state index in [1.54, 1.807) is 25.4 Å². The minimum Gasteiger partial charge on any atom is -0.461 e. The summed E-state index contributed by atoms with van der Waals surface area (Å²) in [6.07, 6.45) is 4.84. The molecule has 2 nitrogen and oxygen atoms in total. The van der Waals surface area contributed by atoms with Gasteiger partial charge in [-0.05, 0) is 19.9 Å². The molecule has 0 saturated heterocycles. The van der Waals surface area contributed by atoms with E-state index in [4.69, 9.17) is 4.74 Å². The molecule has 60 valence electrons. The third-order valence-corrected chi connectivity index (χ3v) is 0.844. The van der Waals surface area contributed by atoms with Gasteiger partial charge in [0.15, 0.2) is 0 Å². The summed E-state index contributed by atoms with van der Waals surface area (Å²) in [7, 11) is 0. The van der Waals surface area contributed by atoms with Crippen LogP contribution in [0.15, 0.2) is 41.9 Å². The molecule has 0 saturated carbocycles. The van der Waals surface area contributed by atoms with E-state index in [0.29, 0.717) is 11.5 Å². The first-order chi connectivity index (χ1) is 5.20. The lowest BCUT2D eigenvalue weighted by molar-refractivity contribution is 0.323. The van der Waals surface area contributed by atoms with Gasteiger partial charge < -0.3 is 4.74 Å². The first kappa shape index (κ1) is 9.69. The summed E-state index contributed by atoms with van der Waals surface area (Å²) in [6, 6.07) is 0. The van der Waals surface area contributed by atoms with Crippen LogP contribution in [0.1, 0.15) is 13.8 Å². The Hall–Kier alpha value is -1.31. The quantitative estimate of drug-likeness (QED) is 0.344. The van der Waals surface area contributed by atoms with Gasteiger partial charge in [0, 0.05) is 6.21 Å². The van der Waals surface area contributed by atoms with E-state index < -0.39 is 0 Å². The highest BCUT2D eigenvalue weighted by atomic mass is 16.5. The molecule has 0 N–H and O–H groups in total. The Balaban J connectivity index is 4.15. The maximum absolute atomic E-state index is 5.14. The van der Waals surface area contributed by atoms with Crippen molar-refractivity contribution >= 4 is 6.21 Å². The van der Waals surface area contributed by atoms with Crippen molar-refractivity contribution in [1.29, 1.82) is 0 Å². The fourth-order valence-corrected chi connectivity index (χ4v) is 0.470. The van der Waals surface area contributed by atoms with Crippen LogP contribution in [0.25, 0.3) is 0 Å². The number of allylic oxidation sites excluding steroid dienone is 2. The molecule has 0 unspecified atom stereocenters. The zero-order valence-electron chi connectivity index (χ0n) is 7.00. The van der Waals surface area contributed by atoms with E-state index in [1.807, 2.05) is 6.92 Å². The molecule has 0 atom stereocenters. The van der Waals surface area contributed by atoms with Gasteiger partial charge in [-0.15, -0.1) is 0 Å². The monoisotopic (exact) mass is 151 g/mol. The van der Waals surface area contributed by atoms with E-state index in [9.17, 15) is 0 Å². The average Bonchev–Trinajstić information content (AvgIpc) is 1.97. The van der Waals surface area contributed by atoms with Crippen LogP contribution in [0.3, 0.4) is 0 Å². The summed E-state index contributed by atoms with van der Waals surface area (Å²) >= 11 is 0. The minimum absolute atomic E-state index is 0.607. The largest absolute Gasteiger partial charge is 0.461 e. The van der Waals surface area contributed by atoms with E-state index in [0.717, 1.165) is 0 Å². The second-order valence-electron chi connectivity index (χ2n) is 1.95. The molecule has 0 radical (unpaired) electrons. The summed E-state index contributed by atoms with van der Waals surface area (Å²) in [5.74, 6) is 1.23.